The molecule has 0 aromatic rings. The number of carbonyl (C=O) groups excluding carboxylic acids is 3. The van der Waals surface area contributed by atoms with Crippen LogP contribution in [0.4, 0.5) is 0 Å². The van der Waals surface area contributed by atoms with Crippen molar-refractivity contribution in [2.45, 2.75) is 297 Å². The Morgan fingerprint density at radius 2 is 0.457 bits per heavy atom. The van der Waals surface area contributed by atoms with Crippen LogP contribution in [0.1, 0.15) is 290 Å². The topological polar surface area (TPSA) is 78.9 Å². The van der Waals surface area contributed by atoms with E-state index in [-0.39, 0.29) is 37.5 Å². The lowest BCUT2D eigenvalue weighted by Gasteiger charge is -2.18. The Morgan fingerprint density at radius 3 is 0.728 bits per heavy atom. The number of hydrogen-bond acceptors (Lipinski definition) is 6. The molecule has 0 fully saturated rings. The fourth-order valence-electron chi connectivity index (χ4n) is 8.96. The molecule has 0 spiro atoms. The quantitative estimate of drug-likeness (QED) is 0.0261. The Morgan fingerprint density at radius 1 is 0.247 bits per heavy atom. The third-order valence-corrected chi connectivity index (χ3v) is 13.8. The summed E-state index contributed by atoms with van der Waals surface area (Å²) < 4.78 is 16.9. The number of esters is 3. The van der Waals surface area contributed by atoms with Crippen LogP contribution in [0.15, 0.2) is 146 Å². The monoisotopic (exact) mass is 1120 g/mol. The smallest absolute Gasteiger partial charge is 0.306 e. The van der Waals surface area contributed by atoms with Crippen LogP contribution in [-0.2, 0) is 28.6 Å². The fraction of sp³-hybridized carbons (Fsp3) is 0.640. The van der Waals surface area contributed by atoms with Crippen molar-refractivity contribution in [2.24, 2.45) is 0 Å². The summed E-state index contributed by atoms with van der Waals surface area (Å²) in [5.74, 6) is -0.982. The zero-order valence-electron chi connectivity index (χ0n) is 52.5. The normalized spacial score (nSPS) is 13.1. The molecule has 0 aromatic heterocycles. The molecule has 0 saturated carbocycles. The molecule has 0 saturated heterocycles. The lowest BCUT2D eigenvalue weighted by molar-refractivity contribution is -0.167. The van der Waals surface area contributed by atoms with Gasteiger partial charge in [0.2, 0.25) is 0 Å². The van der Waals surface area contributed by atoms with Crippen LogP contribution < -0.4 is 0 Å². The molecule has 0 N–H and O–H groups in total. The maximum Gasteiger partial charge on any atom is 0.306 e. The maximum absolute atomic E-state index is 12.9. The van der Waals surface area contributed by atoms with E-state index in [1.54, 1.807) is 0 Å². The Labute approximate surface area is 499 Å². The molecule has 6 heteroatoms. The number of carbonyl (C=O) groups is 3. The molecule has 1 atom stereocenters. The summed E-state index contributed by atoms with van der Waals surface area (Å²) in [6.07, 6.45) is 97.4. The number of ether oxygens (including phenoxy) is 3. The van der Waals surface area contributed by atoms with Gasteiger partial charge in [0.15, 0.2) is 6.10 Å². The SMILES string of the molecule is CC/C=C\C/C=C\C/C=C\C/C=C\C/C=C\CCCC(=O)OC(COC(=O)CCCCCCC/C=C\C/C=C\C/C=C\CC)COC(=O)CCCCCCCCCCCCCCCCCCCC/C=C\C/C=C\C/C=C\C/C=C\CC. The van der Waals surface area contributed by atoms with Gasteiger partial charge >= 0.3 is 17.9 Å². The van der Waals surface area contributed by atoms with E-state index < -0.39 is 6.10 Å². The number of hydrogen-bond donors (Lipinski definition) is 0. The second-order valence-corrected chi connectivity index (χ2v) is 21.6. The zero-order chi connectivity index (χ0) is 58.5. The van der Waals surface area contributed by atoms with Crippen LogP contribution in [0.25, 0.3) is 0 Å². The van der Waals surface area contributed by atoms with E-state index in [1.807, 2.05) is 0 Å². The second-order valence-electron chi connectivity index (χ2n) is 21.6. The average molecular weight is 1120 g/mol. The van der Waals surface area contributed by atoms with Crippen LogP contribution in [0.3, 0.4) is 0 Å². The third kappa shape index (κ3) is 66.0. The van der Waals surface area contributed by atoms with Crippen molar-refractivity contribution in [1.82, 2.24) is 0 Å². The van der Waals surface area contributed by atoms with E-state index in [0.717, 1.165) is 141 Å². The van der Waals surface area contributed by atoms with Gasteiger partial charge in [-0.1, -0.05) is 289 Å². The van der Waals surface area contributed by atoms with Gasteiger partial charge in [0.1, 0.15) is 13.2 Å². The first-order valence-electron chi connectivity index (χ1n) is 33.3. The first-order valence-corrected chi connectivity index (χ1v) is 33.3. The molecule has 0 aromatic carbocycles. The zero-order valence-corrected chi connectivity index (χ0v) is 52.5. The molecular formula is C75H122O6. The van der Waals surface area contributed by atoms with Gasteiger partial charge in [-0.15, -0.1) is 0 Å². The van der Waals surface area contributed by atoms with E-state index in [9.17, 15) is 14.4 Å². The highest BCUT2D eigenvalue weighted by molar-refractivity contribution is 5.71. The van der Waals surface area contributed by atoms with Crippen LogP contribution in [0, 0.1) is 0 Å². The number of rotatable bonds is 59. The first-order chi connectivity index (χ1) is 40.0. The van der Waals surface area contributed by atoms with Crippen molar-refractivity contribution < 1.29 is 28.6 Å². The Bertz CT molecular complexity index is 1760. The summed E-state index contributed by atoms with van der Waals surface area (Å²) in [6.45, 7) is 6.25. The molecular weight excluding hydrogens is 997 g/mol. The molecule has 0 amide bonds. The van der Waals surface area contributed by atoms with Gasteiger partial charge in [-0.3, -0.25) is 14.4 Å². The molecule has 0 radical (unpaired) electrons. The summed E-state index contributed by atoms with van der Waals surface area (Å²) in [7, 11) is 0. The third-order valence-electron chi connectivity index (χ3n) is 13.8. The highest BCUT2D eigenvalue weighted by Crippen LogP contribution is 2.16. The fourth-order valence-corrected chi connectivity index (χ4v) is 8.96. The molecule has 1 unspecified atom stereocenters. The largest absolute Gasteiger partial charge is 0.462 e. The van der Waals surface area contributed by atoms with E-state index in [0.29, 0.717) is 19.3 Å². The summed E-state index contributed by atoms with van der Waals surface area (Å²) >= 11 is 0. The molecule has 81 heavy (non-hydrogen) atoms. The van der Waals surface area contributed by atoms with Gasteiger partial charge in [0.25, 0.3) is 0 Å². The summed E-state index contributed by atoms with van der Waals surface area (Å²) in [4.78, 5) is 38.3. The van der Waals surface area contributed by atoms with E-state index >= 15 is 0 Å². The standard InChI is InChI=1S/C75H122O6/c1-4-7-10-13-16-19-22-25-28-30-31-32-33-34-35-36-37-38-39-40-41-42-43-45-47-50-53-56-59-62-65-68-74(77)80-71-72(70-79-73(76)67-64-61-58-55-52-49-46-27-24-21-18-15-12-9-6-3)81-75(78)69-66-63-60-57-54-51-48-44-29-26-23-20-17-14-11-8-5-2/h7-12,16-21,25-29,31-32,46,48,51,57,60,72H,4-6,13-15,22-24,30,33-45,47,49-50,52-56,58-59,61-71H2,1-3H3/b10-7-,11-8-,12-9-,19-16-,20-17-,21-18-,28-25-,29-26-,32-31-,46-27-,51-48-,60-57-. The van der Waals surface area contributed by atoms with Gasteiger partial charge in [-0.2, -0.15) is 0 Å². The lowest BCUT2D eigenvalue weighted by atomic mass is 10.0. The summed E-state index contributed by atoms with van der Waals surface area (Å²) in [6, 6.07) is 0. The van der Waals surface area contributed by atoms with Crippen LogP contribution in [0.2, 0.25) is 0 Å². The van der Waals surface area contributed by atoms with Crippen LogP contribution in [0.5, 0.6) is 0 Å². The Kier molecular flexibility index (Phi) is 63.9. The highest BCUT2D eigenvalue weighted by Gasteiger charge is 2.19. The van der Waals surface area contributed by atoms with Gasteiger partial charge in [-0.05, 0) is 128 Å². The highest BCUT2D eigenvalue weighted by atomic mass is 16.6. The van der Waals surface area contributed by atoms with Gasteiger partial charge in [-0.25, -0.2) is 0 Å². The van der Waals surface area contributed by atoms with Crippen molar-refractivity contribution in [2.75, 3.05) is 13.2 Å². The van der Waals surface area contributed by atoms with E-state index in [4.69, 9.17) is 14.2 Å². The van der Waals surface area contributed by atoms with Gasteiger partial charge in [0.05, 0.1) is 0 Å². The number of allylic oxidation sites excluding steroid dienone is 24. The molecule has 0 aliphatic rings. The lowest BCUT2D eigenvalue weighted by Crippen LogP contribution is -2.30. The molecule has 0 rings (SSSR count). The van der Waals surface area contributed by atoms with Crippen molar-refractivity contribution in [3.8, 4) is 0 Å². The number of unbranched alkanes of at least 4 members (excludes halogenated alkanes) is 24. The van der Waals surface area contributed by atoms with Crippen molar-refractivity contribution >= 4 is 17.9 Å². The van der Waals surface area contributed by atoms with E-state index in [2.05, 4.69) is 167 Å². The predicted molar refractivity (Wildman–Crippen MR) is 352 cm³/mol. The first kappa shape index (κ1) is 76.3. The maximum atomic E-state index is 12.9. The van der Waals surface area contributed by atoms with Crippen LogP contribution >= 0.6 is 0 Å². The predicted octanol–water partition coefficient (Wildman–Crippen LogP) is 23.1. The van der Waals surface area contributed by atoms with Crippen LogP contribution in [-0.4, -0.2) is 37.2 Å². The minimum Gasteiger partial charge on any atom is -0.462 e. The van der Waals surface area contributed by atoms with Crippen molar-refractivity contribution in [3.63, 3.8) is 0 Å². The molecule has 0 heterocycles. The van der Waals surface area contributed by atoms with Crippen molar-refractivity contribution in [3.05, 3.63) is 146 Å². The average Bonchev–Trinajstić information content (AvgIpc) is 3.47. The minimum atomic E-state index is -0.820. The summed E-state index contributed by atoms with van der Waals surface area (Å²) in [5, 5.41) is 0. The molecule has 0 bridgehead atoms. The Balaban J connectivity index is 4.30. The second kappa shape index (κ2) is 67.8. The molecule has 0 aliphatic heterocycles. The molecule has 458 valence electrons. The summed E-state index contributed by atoms with van der Waals surface area (Å²) in [5.41, 5.74) is 0. The minimum absolute atomic E-state index is 0.109. The van der Waals surface area contributed by atoms with Crippen molar-refractivity contribution in [1.29, 1.82) is 0 Å². The molecule has 0 aliphatic carbocycles. The van der Waals surface area contributed by atoms with Gasteiger partial charge in [0, 0.05) is 19.3 Å². The van der Waals surface area contributed by atoms with Gasteiger partial charge < -0.3 is 14.2 Å². The molecule has 6 nitrogen and oxygen atoms in total. The van der Waals surface area contributed by atoms with E-state index in [1.165, 1.54) is 103 Å². The Hall–Kier alpha value is -4.71.